The first-order valence-corrected chi connectivity index (χ1v) is 6.36. The minimum atomic E-state index is -0.146. The number of ether oxygens (including phenoxy) is 1. The molecule has 19 heavy (non-hydrogen) atoms. The molecule has 0 spiro atoms. The van der Waals surface area contributed by atoms with Crippen molar-refractivity contribution in [2.24, 2.45) is 0 Å². The van der Waals surface area contributed by atoms with Gasteiger partial charge in [-0.05, 0) is 38.1 Å². The molecule has 4 heteroatoms. The Morgan fingerprint density at radius 2 is 2.26 bits per heavy atom. The predicted molar refractivity (Wildman–Crippen MR) is 77.4 cm³/mol. The second-order valence-corrected chi connectivity index (χ2v) is 4.42. The van der Waals surface area contributed by atoms with E-state index in [9.17, 15) is 4.79 Å². The van der Waals surface area contributed by atoms with E-state index in [2.05, 4.69) is 30.2 Å². The van der Waals surface area contributed by atoms with Crippen LogP contribution in [-0.4, -0.2) is 26.1 Å². The zero-order valence-electron chi connectivity index (χ0n) is 11.8. The molecular formula is C15H22N2O2. The van der Waals surface area contributed by atoms with Gasteiger partial charge < -0.3 is 15.4 Å². The zero-order chi connectivity index (χ0) is 14.3. The fourth-order valence-electron chi connectivity index (χ4n) is 1.65. The lowest BCUT2D eigenvalue weighted by Crippen LogP contribution is -2.28. The lowest BCUT2D eigenvalue weighted by atomic mass is 10.1. The van der Waals surface area contributed by atoms with Crippen molar-refractivity contribution in [2.75, 3.05) is 20.2 Å². The van der Waals surface area contributed by atoms with Crippen molar-refractivity contribution in [3.05, 3.63) is 42.0 Å². The fraction of sp³-hybridized carbons (Fsp3) is 0.400. The van der Waals surface area contributed by atoms with Gasteiger partial charge in [0.25, 0.3) is 5.91 Å². The quantitative estimate of drug-likeness (QED) is 0.739. The molecule has 0 saturated heterocycles. The standard InChI is InChI=1S/C15H22N2O2/c1-5-8-17-15(18)10-19-14-7-6-13(9-11(14)2)12(3)16-4/h5-7,9,12,16H,1,8,10H2,2-4H3,(H,17,18). The SMILES string of the molecule is C=CCNC(=O)COc1ccc(C(C)NC)cc1C. The Kier molecular flexibility index (Phi) is 6.09. The number of carbonyl (C=O) groups is 1. The maximum absolute atomic E-state index is 11.4. The second kappa shape index (κ2) is 7.59. The third-order valence-corrected chi connectivity index (χ3v) is 2.93. The zero-order valence-corrected chi connectivity index (χ0v) is 11.8. The van der Waals surface area contributed by atoms with Crippen LogP contribution < -0.4 is 15.4 Å². The number of aryl methyl sites for hydroxylation is 1. The van der Waals surface area contributed by atoms with Crippen molar-refractivity contribution < 1.29 is 9.53 Å². The minimum Gasteiger partial charge on any atom is -0.484 e. The first kappa shape index (κ1) is 15.2. The summed E-state index contributed by atoms with van der Waals surface area (Å²) < 4.78 is 5.50. The van der Waals surface area contributed by atoms with E-state index >= 15 is 0 Å². The van der Waals surface area contributed by atoms with Gasteiger partial charge in [-0.3, -0.25) is 4.79 Å². The molecule has 1 aromatic rings. The highest BCUT2D eigenvalue weighted by atomic mass is 16.5. The average Bonchev–Trinajstić information content (AvgIpc) is 2.42. The van der Waals surface area contributed by atoms with Gasteiger partial charge >= 0.3 is 0 Å². The lowest BCUT2D eigenvalue weighted by molar-refractivity contribution is -0.122. The number of benzene rings is 1. The summed E-state index contributed by atoms with van der Waals surface area (Å²) >= 11 is 0. The van der Waals surface area contributed by atoms with Gasteiger partial charge in [0, 0.05) is 12.6 Å². The van der Waals surface area contributed by atoms with Crippen LogP contribution in [0.4, 0.5) is 0 Å². The molecule has 1 rings (SSSR count). The van der Waals surface area contributed by atoms with Gasteiger partial charge in [0.05, 0.1) is 0 Å². The minimum absolute atomic E-state index is 0.0234. The predicted octanol–water partition coefficient (Wildman–Crippen LogP) is 1.96. The van der Waals surface area contributed by atoms with Crippen LogP contribution in [0.5, 0.6) is 5.75 Å². The Labute approximate surface area is 114 Å². The van der Waals surface area contributed by atoms with Crippen LogP contribution in [-0.2, 0) is 4.79 Å². The Morgan fingerprint density at radius 3 is 2.84 bits per heavy atom. The molecule has 1 atom stereocenters. The summed E-state index contributed by atoms with van der Waals surface area (Å²) in [5, 5.41) is 5.86. The van der Waals surface area contributed by atoms with Gasteiger partial charge in [0.2, 0.25) is 0 Å². The van der Waals surface area contributed by atoms with E-state index in [1.54, 1.807) is 6.08 Å². The van der Waals surface area contributed by atoms with Crippen LogP contribution in [0.3, 0.4) is 0 Å². The lowest BCUT2D eigenvalue weighted by Gasteiger charge is -2.14. The summed E-state index contributed by atoms with van der Waals surface area (Å²) in [7, 11) is 1.92. The number of hydrogen-bond acceptors (Lipinski definition) is 3. The molecule has 0 aliphatic heterocycles. The van der Waals surface area contributed by atoms with Gasteiger partial charge in [-0.2, -0.15) is 0 Å². The maximum Gasteiger partial charge on any atom is 0.258 e. The number of rotatable bonds is 7. The molecule has 2 N–H and O–H groups in total. The van der Waals surface area contributed by atoms with Crippen molar-refractivity contribution in [1.29, 1.82) is 0 Å². The molecule has 0 saturated carbocycles. The van der Waals surface area contributed by atoms with E-state index in [1.807, 2.05) is 26.1 Å². The summed E-state index contributed by atoms with van der Waals surface area (Å²) in [4.78, 5) is 11.4. The number of hydrogen-bond donors (Lipinski definition) is 2. The molecule has 1 aromatic carbocycles. The summed E-state index contributed by atoms with van der Waals surface area (Å²) in [6.45, 7) is 8.09. The smallest absolute Gasteiger partial charge is 0.258 e. The summed E-state index contributed by atoms with van der Waals surface area (Å²) in [6.07, 6.45) is 1.64. The molecule has 0 aliphatic carbocycles. The van der Waals surface area contributed by atoms with Crippen LogP contribution in [0.2, 0.25) is 0 Å². The summed E-state index contributed by atoms with van der Waals surface area (Å²) in [6, 6.07) is 6.27. The Morgan fingerprint density at radius 1 is 1.53 bits per heavy atom. The highest BCUT2D eigenvalue weighted by molar-refractivity contribution is 5.77. The molecule has 0 fully saturated rings. The monoisotopic (exact) mass is 262 g/mol. The van der Waals surface area contributed by atoms with E-state index in [4.69, 9.17) is 4.74 Å². The van der Waals surface area contributed by atoms with Crippen LogP contribution >= 0.6 is 0 Å². The van der Waals surface area contributed by atoms with Gasteiger partial charge in [0.15, 0.2) is 6.61 Å². The number of nitrogens with one attached hydrogen (secondary N) is 2. The van der Waals surface area contributed by atoms with E-state index in [0.29, 0.717) is 12.6 Å². The van der Waals surface area contributed by atoms with Crippen molar-refractivity contribution in [1.82, 2.24) is 10.6 Å². The molecule has 4 nitrogen and oxygen atoms in total. The van der Waals surface area contributed by atoms with Crippen molar-refractivity contribution in [3.8, 4) is 5.75 Å². The van der Waals surface area contributed by atoms with Crippen LogP contribution in [0.1, 0.15) is 24.1 Å². The summed E-state index contributed by atoms with van der Waals surface area (Å²) in [5.74, 6) is 0.591. The second-order valence-electron chi connectivity index (χ2n) is 4.42. The van der Waals surface area contributed by atoms with Gasteiger partial charge in [0.1, 0.15) is 5.75 Å². The fourth-order valence-corrected chi connectivity index (χ4v) is 1.65. The van der Waals surface area contributed by atoms with E-state index < -0.39 is 0 Å². The summed E-state index contributed by atoms with van der Waals surface area (Å²) in [5.41, 5.74) is 2.22. The maximum atomic E-state index is 11.4. The topological polar surface area (TPSA) is 50.4 Å². The third kappa shape index (κ3) is 4.75. The highest BCUT2D eigenvalue weighted by Gasteiger charge is 2.07. The molecule has 0 radical (unpaired) electrons. The van der Waals surface area contributed by atoms with E-state index in [-0.39, 0.29) is 12.5 Å². The van der Waals surface area contributed by atoms with Crippen molar-refractivity contribution in [2.45, 2.75) is 19.9 Å². The van der Waals surface area contributed by atoms with Gasteiger partial charge in [-0.25, -0.2) is 0 Å². The van der Waals surface area contributed by atoms with Crippen LogP contribution in [0.25, 0.3) is 0 Å². The number of carbonyl (C=O) groups excluding carboxylic acids is 1. The average molecular weight is 262 g/mol. The highest BCUT2D eigenvalue weighted by Crippen LogP contribution is 2.22. The third-order valence-electron chi connectivity index (χ3n) is 2.93. The van der Waals surface area contributed by atoms with E-state index in [1.165, 1.54) is 5.56 Å². The molecule has 0 aromatic heterocycles. The molecular weight excluding hydrogens is 240 g/mol. The number of amides is 1. The van der Waals surface area contributed by atoms with Crippen molar-refractivity contribution >= 4 is 5.91 Å². The Balaban J connectivity index is 2.60. The molecule has 0 aliphatic rings. The molecule has 0 heterocycles. The van der Waals surface area contributed by atoms with Crippen LogP contribution in [0, 0.1) is 6.92 Å². The Bertz CT molecular complexity index is 444. The molecule has 1 amide bonds. The molecule has 104 valence electrons. The molecule has 1 unspecified atom stereocenters. The van der Waals surface area contributed by atoms with Crippen LogP contribution in [0.15, 0.2) is 30.9 Å². The first-order chi connectivity index (χ1) is 9.08. The van der Waals surface area contributed by atoms with E-state index in [0.717, 1.165) is 11.3 Å². The molecule has 0 bridgehead atoms. The van der Waals surface area contributed by atoms with Gasteiger partial charge in [-0.15, -0.1) is 6.58 Å². The van der Waals surface area contributed by atoms with Crippen molar-refractivity contribution in [3.63, 3.8) is 0 Å². The Hall–Kier alpha value is -1.81. The van der Waals surface area contributed by atoms with Gasteiger partial charge in [-0.1, -0.05) is 18.2 Å². The largest absolute Gasteiger partial charge is 0.484 e. The first-order valence-electron chi connectivity index (χ1n) is 6.36. The normalized spacial score (nSPS) is 11.7.